The van der Waals surface area contributed by atoms with E-state index in [2.05, 4.69) is 8.75 Å². The Morgan fingerprint density at radius 2 is 2.46 bits per heavy atom. The van der Waals surface area contributed by atoms with Crippen molar-refractivity contribution in [1.82, 2.24) is 8.75 Å². The van der Waals surface area contributed by atoms with Gasteiger partial charge in [0.05, 0.1) is 17.9 Å². The number of aromatic nitrogens is 2. The third kappa shape index (κ3) is 2.12. The van der Waals surface area contributed by atoms with Crippen molar-refractivity contribution in [2.24, 2.45) is 0 Å². The SMILES string of the molecule is OC(Cc1ccsc1)c1cnsn1. The second kappa shape index (κ2) is 3.95. The minimum Gasteiger partial charge on any atom is -0.386 e. The van der Waals surface area contributed by atoms with Crippen LogP contribution in [0.25, 0.3) is 0 Å². The lowest BCUT2D eigenvalue weighted by atomic mass is 10.1. The van der Waals surface area contributed by atoms with Crippen molar-refractivity contribution < 1.29 is 5.11 Å². The molecule has 5 heteroatoms. The molecule has 0 bridgehead atoms. The van der Waals surface area contributed by atoms with Gasteiger partial charge >= 0.3 is 0 Å². The summed E-state index contributed by atoms with van der Waals surface area (Å²) in [6.45, 7) is 0. The average molecular weight is 212 g/mol. The molecule has 0 aliphatic heterocycles. The van der Waals surface area contributed by atoms with Crippen LogP contribution >= 0.6 is 23.1 Å². The highest BCUT2D eigenvalue weighted by molar-refractivity contribution is 7.07. The first kappa shape index (κ1) is 8.80. The van der Waals surface area contributed by atoms with Gasteiger partial charge in [-0.25, -0.2) is 0 Å². The van der Waals surface area contributed by atoms with Gasteiger partial charge in [-0.1, -0.05) is 0 Å². The van der Waals surface area contributed by atoms with Crippen LogP contribution in [0.15, 0.2) is 23.0 Å². The van der Waals surface area contributed by atoms with Crippen LogP contribution in [0.2, 0.25) is 0 Å². The summed E-state index contributed by atoms with van der Waals surface area (Å²) in [7, 11) is 0. The molecule has 2 heterocycles. The Morgan fingerprint density at radius 3 is 3.08 bits per heavy atom. The van der Waals surface area contributed by atoms with Crippen LogP contribution in [0, 0.1) is 0 Å². The lowest BCUT2D eigenvalue weighted by molar-refractivity contribution is 0.174. The monoisotopic (exact) mass is 212 g/mol. The van der Waals surface area contributed by atoms with E-state index >= 15 is 0 Å². The summed E-state index contributed by atoms with van der Waals surface area (Å²) in [5, 5.41) is 13.7. The lowest BCUT2D eigenvalue weighted by Crippen LogP contribution is -2.00. The zero-order valence-electron chi connectivity index (χ0n) is 6.75. The molecule has 1 unspecified atom stereocenters. The molecule has 1 N–H and O–H groups in total. The maximum atomic E-state index is 9.69. The van der Waals surface area contributed by atoms with Crippen molar-refractivity contribution in [2.45, 2.75) is 12.5 Å². The van der Waals surface area contributed by atoms with Gasteiger partial charge in [0.1, 0.15) is 11.8 Å². The summed E-state index contributed by atoms with van der Waals surface area (Å²) < 4.78 is 7.83. The van der Waals surface area contributed by atoms with Crippen LogP contribution in [0.5, 0.6) is 0 Å². The minimum atomic E-state index is -0.520. The van der Waals surface area contributed by atoms with Gasteiger partial charge in [-0.15, -0.1) is 0 Å². The van der Waals surface area contributed by atoms with E-state index in [1.165, 1.54) is 0 Å². The predicted molar refractivity (Wildman–Crippen MR) is 52.9 cm³/mol. The fourth-order valence-electron chi connectivity index (χ4n) is 1.06. The highest BCUT2D eigenvalue weighted by Crippen LogP contribution is 2.17. The van der Waals surface area contributed by atoms with Crippen LogP contribution in [-0.4, -0.2) is 13.9 Å². The first-order valence-electron chi connectivity index (χ1n) is 3.83. The van der Waals surface area contributed by atoms with Crippen molar-refractivity contribution in [3.63, 3.8) is 0 Å². The van der Waals surface area contributed by atoms with E-state index in [1.807, 2.05) is 16.8 Å². The Bertz CT molecular complexity index is 344. The molecule has 0 saturated heterocycles. The predicted octanol–water partition coefficient (Wildman–Crippen LogP) is 1.88. The van der Waals surface area contributed by atoms with Crippen LogP contribution in [0.4, 0.5) is 0 Å². The van der Waals surface area contributed by atoms with Crippen molar-refractivity contribution in [3.8, 4) is 0 Å². The topological polar surface area (TPSA) is 46.0 Å². The number of thiophene rings is 1. The average Bonchev–Trinajstić information content (AvgIpc) is 2.74. The van der Waals surface area contributed by atoms with Crippen molar-refractivity contribution >= 4 is 23.1 Å². The molecule has 0 spiro atoms. The number of rotatable bonds is 3. The number of nitrogens with zero attached hydrogens (tertiary/aromatic N) is 2. The first-order chi connectivity index (χ1) is 6.36. The van der Waals surface area contributed by atoms with Gasteiger partial charge in [-0.2, -0.15) is 20.1 Å². The molecule has 0 aliphatic rings. The second-order valence-electron chi connectivity index (χ2n) is 2.68. The number of hydrogen-bond acceptors (Lipinski definition) is 5. The molecule has 1 atom stereocenters. The molecule has 13 heavy (non-hydrogen) atoms. The quantitative estimate of drug-likeness (QED) is 0.845. The van der Waals surface area contributed by atoms with E-state index in [0.717, 1.165) is 17.3 Å². The van der Waals surface area contributed by atoms with E-state index in [-0.39, 0.29) is 0 Å². The fraction of sp³-hybridized carbons (Fsp3) is 0.250. The van der Waals surface area contributed by atoms with Gasteiger partial charge in [0.2, 0.25) is 0 Å². The molecule has 0 radical (unpaired) electrons. The van der Waals surface area contributed by atoms with Crippen LogP contribution < -0.4 is 0 Å². The Kier molecular flexibility index (Phi) is 2.68. The van der Waals surface area contributed by atoms with Gasteiger partial charge in [0.15, 0.2) is 0 Å². The van der Waals surface area contributed by atoms with Crippen molar-refractivity contribution in [3.05, 3.63) is 34.3 Å². The van der Waals surface area contributed by atoms with Gasteiger partial charge in [0, 0.05) is 6.42 Å². The molecule has 0 aromatic carbocycles. The zero-order chi connectivity index (χ0) is 9.10. The standard InChI is InChI=1S/C8H8N2OS2/c11-8(7-4-9-13-10-7)3-6-1-2-12-5-6/h1-2,4-5,8,11H,3H2. The van der Waals surface area contributed by atoms with Gasteiger partial charge in [-0.05, 0) is 22.4 Å². The van der Waals surface area contributed by atoms with E-state index in [0.29, 0.717) is 12.1 Å². The van der Waals surface area contributed by atoms with Gasteiger partial charge in [-0.3, -0.25) is 0 Å². The number of aliphatic hydroxyl groups is 1. The Morgan fingerprint density at radius 1 is 1.54 bits per heavy atom. The fourth-order valence-corrected chi connectivity index (χ4v) is 2.20. The first-order valence-corrected chi connectivity index (χ1v) is 5.50. The smallest absolute Gasteiger partial charge is 0.103 e. The highest BCUT2D eigenvalue weighted by atomic mass is 32.1. The zero-order valence-corrected chi connectivity index (χ0v) is 8.38. The Hall–Kier alpha value is -0.780. The van der Waals surface area contributed by atoms with Gasteiger partial charge in [0.25, 0.3) is 0 Å². The minimum absolute atomic E-state index is 0.520. The maximum Gasteiger partial charge on any atom is 0.103 e. The van der Waals surface area contributed by atoms with E-state index in [1.54, 1.807) is 17.5 Å². The third-order valence-electron chi connectivity index (χ3n) is 1.73. The maximum absolute atomic E-state index is 9.69. The molecule has 0 fully saturated rings. The summed E-state index contributed by atoms with van der Waals surface area (Å²) in [6, 6.07) is 2.01. The highest BCUT2D eigenvalue weighted by Gasteiger charge is 2.10. The molecule has 68 valence electrons. The van der Waals surface area contributed by atoms with Crippen molar-refractivity contribution in [2.75, 3.05) is 0 Å². The summed E-state index contributed by atoms with van der Waals surface area (Å²) in [6.07, 6.45) is 1.71. The normalized spacial score (nSPS) is 13.0. The molecular formula is C8H8N2OS2. The largest absolute Gasteiger partial charge is 0.386 e. The summed E-state index contributed by atoms with van der Waals surface area (Å²) in [5.74, 6) is 0. The molecule has 3 nitrogen and oxygen atoms in total. The Labute approximate surface area is 84.0 Å². The molecule has 0 amide bonds. The molecule has 2 aromatic heterocycles. The summed E-state index contributed by atoms with van der Waals surface area (Å²) in [4.78, 5) is 0. The molecule has 2 aromatic rings. The van der Waals surface area contributed by atoms with Crippen LogP contribution in [0.3, 0.4) is 0 Å². The number of hydrogen-bond donors (Lipinski definition) is 1. The Balaban J connectivity index is 2.04. The molecule has 2 rings (SSSR count). The lowest BCUT2D eigenvalue weighted by Gasteiger charge is -2.04. The van der Waals surface area contributed by atoms with Crippen LogP contribution in [0.1, 0.15) is 17.4 Å². The van der Waals surface area contributed by atoms with E-state index in [4.69, 9.17) is 0 Å². The summed E-state index contributed by atoms with van der Waals surface area (Å²) >= 11 is 2.76. The third-order valence-corrected chi connectivity index (χ3v) is 2.95. The van der Waals surface area contributed by atoms with Crippen molar-refractivity contribution in [1.29, 1.82) is 0 Å². The molecule has 0 aliphatic carbocycles. The number of aliphatic hydroxyl groups excluding tert-OH is 1. The molecular weight excluding hydrogens is 204 g/mol. The van der Waals surface area contributed by atoms with Crippen LogP contribution in [-0.2, 0) is 6.42 Å². The second-order valence-corrected chi connectivity index (χ2v) is 4.02. The molecule has 0 saturated carbocycles. The van der Waals surface area contributed by atoms with Gasteiger partial charge < -0.3 is 5.11 Å². The van der Waals surface area contributed by atoms with E-state index < -0.39 is 6.10 Å². The summed E-state index contributed by atoms with van der Waals surface area (Å²) in [5.41, 5.74) is 1.81. The van der Waals surface area contributed by atoms with E-state index in [9.17, 15) is 5.11 Å².